The molecule has 0 saturated carbocycles. The van der Waals surface area contributed by atoms with Crippen molar-refractivity contribution in [2.75, 3.05) is 26.2 Å². The molecule has 2 aromatic rings. The van der Waals surface area contributed by atoms with Gasteiger partial charge in [-0.05, 0) is 30.2 Å². The normalized spacial score (nSPS) is 16.9. The van der Waals surface area contributed by atoms with Crippen LogP contribution in [0.4, 0.5) is 0 Å². The van der Waals surface area contributed by atoms with Gasteiger partial charge in [-0.25, -0.2) is 8.42 Å². The molecule has 0 atom stereocenters. The van der Waals surface area contributed by atoms with Crippen LogP contribution in [0.5, 0.6) is 0 Å². The number of halogens is 1. The van der Waals surface area contributed by atoms with E-state index in [2.05, 4.69) is 4.90 Å². The van der Waals surface area contributed by atoms with Crippen molar-refractivity contribution in [3.8, 4) is 0 Å². The Morgan fingerprint density at radius 1 is 0.960 bits per heavy atom. The first kappa shape index (κ1) is 18.4. The molecule has 3 rings (SSSR count). The first-order valence-electron chi connectivity index (χ1n) is 8.42. The molecule has 6 heteroatoms. The minimum Gasteiger partial charge on any atom is -0.296 e. The third-order valence-corrected chi connectivity index (χ3v) is 6.57. The summed E-state index contributed by atoms with van der Waals surface area (Å²) in [5.41, 5.74) is 3.13. The van der Waals surface area contributed by atoms with E-state index in [1.165, 1.54) is 0 Å². The Morgan fingerprint density at radius 2 is 1.64 bits per heavy atom. The molecule has 1 aliphatic rings. The van der Waals surface area contributed by atoms with Gasteiger partial charge in [-0.3, -0.25) is 4.90 Å². The zero-order valence-corrected chi connectivity index (χ0v) is 15.9. The molecule has 1 aliphatic heterocycles. The summed E-state index contributed by atoms with van der Waals surface area (Å²) in [6.07, 6.45) is 0. The Morgan fingerprint density at radius 3 is 2.28 bits per heavy atom. The maximum absolute atomic E-state index is 12.6. The molecule has 0 radical (unpaired) electrons. The topological polar surface area (TPSA) is 40.6 Å². The lowest BCUT2D eigenvalue weighted by Gasteiger charge is -2.34. The van der Waals surface area contributed by atoms with Gasteiger partial charge in [-0.2, -0.15) is 4.31 Å². The maximum Gasteiger partial charge on any atom is 0.218 e. The van der Waals surface area contributed by atoms with Crippen LogP contribution in [-0.2, 0) is 22.3 Å². The summed E-state index contributed by atoms with van der Waals surface area (Å²) in [6, 6.07) is 15.5. The zero-order valence-electron chi connectivity index (χ0n) is 14.4. The van der Waals surface area contributed by atoms with Gasteiger partial charge in [0.25, 0.3) is 0 Å². The summed E-state index contributed by atoms with van der Waals surface area (Å²) in [4.78, 5) is 2.27. The molecule has 0 bridgehead atoms. The molecular formula is C19H23ClN2O2S. The molecular weight excluding hydrogens is 356 g/mol. The van der Waals surface area contributed by atoms with Gasteiger partial charge in [0.15, 0.2) is 0 Å². The highest BCUT2D eigenvalue weighted by Gasteiger charge is 2.27. The highest BCUT2D eigenvalue weighted by Crippen LogP contribution is 2.17. The van der Waals surface area contributed by atoms with Gasteiger partial charge in [-0.1, -0.05) is 53.6 Å². The SMILES string of the molecule is Cc1ccc(CS(=O)(=O)N2CCN(Cc3cccc(Cl)c3)CC2)cc1. The number of benzene rings is 2. The predicted octanol–water partition coefficient (Wildman–Crippen LogP) is 3.30. The van der Waals surface area contributed by atoms with Gasteiger partial charge in [0.2, 0.25) is 10.0 Å². The summed E-state index contributed by atoms with van der Waals surface area (Å²) < 4.78 is 26.9. The molecule has 1 heterocycles. The maximum atomic E-state index is 12.6. The van der Waals surface area contributed by atoms with Crippen LogP contribution in [-0.4, -0.2) is 43.8 Å². The first-order chi connectivity index (χ1) is 11.9. The van der Waals surface area contributed by atoms with Crippen molar-refractivity contribution in [1.82, 2.24) is 9.21 Å². The van der Waals surface area contributed by atoms with Gasteiger partial charge >= 0.3 is 0 Å². The predicted molar refractivity (Wildman–Crippen MR) is 102 cm³/mol. The Hall–Kier alpha value is -1.40. The Bertz CT molecular complexity index is 814. The fourth-order valence-electron chi connectivity index (χ4n) is 3.05. The monoisotopic (exact) mass is 378 g/mol. The van der Waals surface area contributed by atoms with E-state index in [4.69, 9.17) is 11.6 Å². The van der Waals surface area contributed by atoms with Gasteiger partial charge < -0.3 is 0 Å². The quantitative estimate of drug-likeness (QED) is 0.801. The average Bonchev–Trinajstić information content (AvgIpc) is 2.57. The highest BCUT2D eigenvalue weighted by atomic mass is 35.5. The van der Waals surface area contributed by atoms with Crippen molar-refractivity contribution < 1.29 is 8.42 Å². The second-order valence-electron chi connectivity index (χ2n) is 6.55. The van der Waals surface area contributed by atoms with Crippen molar-refractivity contribution in [3.63, 3.8) is 0 Å². The Balaban J connectivity index is 1.56. The van der Waals surface area contributed by atoms with E-state index >= 15 is 0 Å². The summed E-state index contributed by atoms with van der Waals surface area (Å²) in [5.74, 6) is 0.0710. The molecule has 0 amide bonds. The number of hydrogen-bond acceptors (Lipinski definition) is 3. The van der Waals surface area contributed by atoms with E-state index in [1.54, 1.807) is 4.31 Å². The second-order valence-corrected chi connectivity index (χ2v) is 8.95. The minimum absolute atomic E-state index is 0.0710. The number of sulfonamides is 1. The molecule has 25 heavy (non-hydrogen) atoms. The van der Waals surface area contributed by atoms with Crippen LogP contribution in [0.2, 0.25) is 5.02 Å². The molecule has 1 fully saturated rings. The average molecular weight is 379 g/mol. The molecule has 0 aliphatic carbocycles. The van der Waals surface area contributed by atoms with E-state index in [-0.39, 0.29) is 5.75 Å². The Kier molecular flexibility index (Phi) is 5.79. The lowest BCUT2D eigenvalue weighted by molar-refractivity contribution is 0.181. The number of nitrogens with zero attached hydrogens (tertiary/aromatic N) is 2. The smallest absolute Gasteiger partial charge is 0.218 e. The van der Waals surface area contributed by atoms with Crippen molar-refractivity contribution in [2.24, 2.45) is 0 Å². The van der Waals surface area contributed by atoms with Gasteiger partial charge in [-0.15, -0.1) is 0 Å². The molecule has 1 saturated heterocycles. The van der Waals surface area contributed by atoms with E-state index in [0.717, 1.165) is 41.3 Å². The van der Waals surface area contributed by atoms with E-state index in [1.807, 2.05) is 55.5 Å². The summed E-state index contributed by atoms with van der Waals surface area (Å²) in [5, 5.41) is 0.733. The van der Waals surface area contributed by atoms with E-state index < -0.39 is 10.0 Å². The summed E-state index contributed by atoms with van der Waals surface area (Å²) in [6.45, 7) is 5.34. The van der Waals surface area contributed by atoms with Crippen LogP contribution < -0.4 is 0 Å². The van der Waals surface area contributed by atoms with Gasteiger partial charge in [0.1, 0.15) is 0 Å². The number of rotatable bonds is 5. The second kappa shape index (κ2) is 7.87. The minimum atomic E-state index is -3.27. The summed E-state index contributed by atoms with van der Waals surface area (Å²) >= 11 is 6.03. The molecule has 2 aromatic carbocycles. The first-order valence-corrected chi connectivity index (χ1v) is 10.4. The zero-order chi connectivity index (χ0) is 17.9. The van der Waals surface area contributed by atoms with Crippen molar-refractivity contribution in [3.05, 3.63) is 70.2 Å². The van der Waals surface area contributed by atoms with Crippen molar-refractivity contribution in [1.29, 1.82) is 0 Å². The fourth-order valence-corrected chi connectivity index (χ4v) is 4.77. The van der Waals surface area contributed by atoms with Crippen LogP contribution in [0.3, 0.4) is 0 Å². The van der Waals surface area contributed by atoms with Crippen LogP contribution in [0.15, 0.2) is 48.5 Å². The third kappa shape index (κ3) is 5.05. The third-order valence-electron chi connectivity index (χ3n) is 4.49. The molecule has 4 nitrogen and oxygen atoms in total. The van der Waals surface area contributed by atoms with E-state index in [0.29, 0.717) is 13.1 Å². The fraction of sp³-hybridized carbons (Fsp3) is 0.368. The highest BCUT2D eigenvalue weighted by molar-refractivity contribution is 7.88. The van der Waals surface area contributed by atoms with E-state index in [9.17, 15) is 8.42 Å². The number of hydrogen-bond donors (Lipinski definition) is 0. The number of piperazine rings is 1. The van der Waals surface area contributed by atoms with Gasteiger partial charge in [0, 0.05) is 37.7 Å². The van der Waals surface area contributed by atoms with Crippen molar-refractivity contribution >= 4 is 21.6 Å². The largest absolute Gasteiger partial charge is 0.296 e. The van der Waals surface area contributed by atoms with Crippen LogP contribution in [0, 0.1) is 6.92 Å². The summed E-state index contributed by atoms with van der Waals surface area (Å²) in [7, 11) is -3.27. The van der Waals surface area contributed by atoms with Crippen LogP contribution in [0.25, 0.3) is 0 Å². The van der Waals surface area contributed by atoms with Crippen molar-refractivity contribution in [2.45, 2.75) is 19.2 Å². The molecule has 0 N–H and O–H groups in total. The number of aryl methyl sites for hydroxylation is 1. The standard InChI is InChI=1S/C19H23ClN2O2S/c1-16-5-7-17(8-6-16)15-25(23,24)22-11-9-21(10-12-22)14-18-3-2-4-19(20)13-18/h2-8,13H,9-12,14-15H2,1H3. The molecule has 0 spiro atoms. The van der Waals surface area contributed by atoms with Gasteiger partial charge in [0.05, 0.1) is 5.75 Å². The molecule has 0 unspecified atom stereocenters. The Labute approximate surface area is 155 Å². The molecule has 134 valence electrons. The van der Waals surface area contributed by atoms with Crippen LogP contribution >= 0.6 is 11.6 Å². The lowest BCUT2D eigenvalue weighted by Crippen LogP contribution is -2.48. The molecule has 0 aromatic heterocycles. The lowest BCUT2D eigenvalue weighted by atomic mass is 10.2. The van der Waals surface area contributed by atoms with Crippen LogP contribution in [0.1, 0.15) is 16.7 Å².